The van der Waals surface area contributed by atoms with Gasteiger partial charge in [0.05, 0.1) is 12.2 Å². The minimum atomic E-state index is -0.214. The number of esters is 1. The van der Waals surface area contributed by atoms with Crippen LogP contribution in [-0.4, -0.2) is 12.6 Å². The lowest BCUT2D eigenvalue weighted by Crippen LogP contribution is -2.12. The van der Waals surface area contributed by atoms with E-state index >= 15 is 0 Å². The fourth-order valence-electron chi connectivity index (χ4n) is 1.63. The molecule has 0 saturated carbocycles. The zero-order valence-electron chi connectivity index (χ0n) is 11.0. The number of aryl methyl sites for hydroxylation is 1. The first-order valence-corrected chi connectivity index (χ1v) is 6.37. The van der Waals surface area contributed by atoms with Gasteiger partial charge in [-0.05, 0) is 31.4 Å². The van der Waals surface area contributed by atoms with Crippen LogP contribution in [0.4, 0.5) is 0 Å². The predicted molar refractivity (Wildman–Crippen MR) is 70.2 cm³/mol. The average molecular weight is 234 g/mol. The monoisotopic (exact) mass is 234 g/mol. The second-order valence-electron chi connectivity index (χ2n) is 4.71. The van der Waals surface area contributed by atoms with Crippen molar-refractivity contribution < 1.29 is 9.53 Å². The van der Waals surface area contributed by atoms with Gasteiger partial charge in [0.2, 0.25) is 0 Å². The van der Waals surface area contributed by atoms with Crippen molar-refractivity contribution in [3.8, 4) is 0 Å². The van der Waals surface area contributed by atoms with Crippen LogP contribution in [0.2, 0.25) is 0 Å². The molecule has 0 aliphatic carbocycles. The van der Waals surface area contributed by atoms with E-state index in [9.17, 15) is 4.79 Å². The van der Waals surface area contributed by atoms with Crippen molar-refractivity contribution in [3.63, 3.8) is 0 Å². The Morgan fingerprint density at radius 2 is 1.94 bits per heavy atom. The highest BCUT2D eigenvalue weighted by atomic mass is 16.5. The second kappa shape index (κ2) is 7.10. The van der Waals surface area contributed by atoms with Crippen LogP contribution in [0.15, 0.2) is 24.3 Å². The van der Waals surface area contributed by atoms with Crippen LogP contribution in [0.1, 0.15) is 49.0 Å². The molecule has 1 rings (SSSR count). The van der Waals surface area contributed by atoms with E-state index in [1.807, 2.05) is 31.2 Å². The zero-order chi connectivity index (χ0) is 12.7. The third-order valence-electron chi connectivity index (χ3n) is 2.84. The summed E-state index contributed by atoms with van der Waals surface area (Å²) in [4.78, 5) is 11.7. The lowest BCUT2D eigenvalue weighted by molar-refractivity contribution is 0.0443. The topological polar surface area (TPSA) is 26.3 Å². The number of ether oxygens (including phenoxy) is 1. The molecule has 0 aliphatic rings. The van der Waals surface area contributed by atoms with Gasteiger partial charge < -0.3 is 4.74 Å². The largest absolute Gasteiger partial charge is 0.462 e. The lowest BCUT2D eigenvalue weighted by atomic mass is 10.1. The van der Waals surface area contributed by atoms with Crippen molar-refractivity contribution in [1.82, 2.24) is 0 Å². The van der Waals surface area contributed by atoms with Gasteiger partial charge in [0.1, 0.15) is 0 Å². The smallest absolute Gasteiger partial charge is 0.338 e. The first-order chi connectivity index (χ1) is 8.13. The van der Waals surface area contributed by atoms with E-state index in [1.165, 1.54) is 12.8 Å². The minimum absolute atomic E-state index is 0.214. The molecule has 0 saturated heterocycles. The third-order valence-corrected chi connectivity index (χ3v) is 2.84. The van der Waals surface area contributed by atoms with Crippen LogP contribution in [0, 0.1) is 12.8 Å². The molecule has 0 N–H and O–H groups in total. The summed E-state index contributed by atoms with van der Waals surface area (Å²) in [5.74, 6) is 0.234. The lowest BCUT2D eigenvalue weighted by Gasteiger charge is -2.11. The highest BCUT2D eigenvalue weighted by molar-refractivity contribution is 5.89. The molecule has 1 aromatic rings. The summed E-state index contributed by atoms with van der Waals surface area (Å²) in [6.07, 6.45) is 3.51. The van der Waals surface area contributed by atoms with Gasteiger partial charge in [0.15, 0.2) is 0 Å². The third kappa shape index (κ3) is 5.03. The van der Waals surface area contributed by atoms with Crippen molar-refractivity contribution in [2.24, 2.45) is 5.92 Å². The van der Waals surface area contributed by atoms with Gasteiger partial charge in [-0.1, -0.05) is 44.4 Å². The number of carbonyl (C=O) groups excluding carboxylic acids is 1. The Kier molecular flexibility index (Phi) is 5.75. The SMILES string of the molecule is CCCCC(C)COC(=O)c1ccc(C)cc1. The fourth-order valence-corrected chi connectivity index (χ4v) is 1.63. The Bertz CT molecular complexity index is 340. The molecule has 1 aromatic carbocycles. The van der Waals surface area contributed by atoms with Crippen molar-refractivity contribution >= 4 is 5.97 Å². The molecule has 1 unspecified atom stereocenters. The molecule has 0 radical (unpaired) electrons. The van der Waals surface area contributed by atoms with Gasteiger partial charge in [-0.3, -0.25) is 0 Å². The minimum Gasteiger partial charge on any atom is -0.462 e. The molecule has 2 nitrogen and oxygen atoms in total. The van der Waals surface area contributed by atoms with Crippen molar-refractivity contribution in [1.29, 1.82) is 0 Å². The first-order valence-electron chi connectivity index (χ1n) is 6.37. The highest BCUT2D eigenvalue weighted by Gasteiger charge is 2.09. The maximum Gasteiger partial charge on any atom is 0.338 e. The van der Waals surface area contributed by atoms with E-state index < -0.39 is 0 Å². The molecule has 0 aromatic heterocycles. The van der Waals surface area contributed by atoms with Gasteiger partial charge in [-0.25, -0.2) is 4.79 Å². The molecule has 1 atom stereocenters. The van der Waals surface area contributed by atoms with Gasteiger partial charge in [-0.15, -0.1) is 0 Å². The number of carbonyl (C=O) groups is 1. The Morgan fingerprint density at radius 3 is 2.53 bits per heavy atom. The quantitative estimate of drug-likeness (QED) is 0.696. The molecule has 0 spiro atoms. The fraction of sp³-hybridized carbons (Fsp3) is 0.533. The van der Waals surface area contributed by atoms with E-state index in [-0.39, 0.29) is 5.97 Å². The Labute approximate surface area is 104 Å². The van der Waals surface area contributed by atoms with Crippen molar-refractivity contribution in [2.75, 3.05) is 6.61 Å². The molecule has 0 fully saturated rings. The first kappa shape index (κ1) is 13.8. The van der Waals surface area contributed by atoms with Crippen LogP contribution >= 0.6 is 0 Å². The Hall–Kier alpha value is -1.31. The number of unbranched alkanes of at least 4 members (excludes halogenated alkanes) is 1. The molecule has 2 heteroatoms. The van der Waals surface area contributed by atoms with Crippen LogP contribution < -0.4 is 0 Å². The summed E-state index contributed by atoms with van der Waals surface area (Å²) >= 11 is 0. The van der Waals surface area contributed by atoms with Crippen molar-refractivity contribution in [3.05, 3.63) is 35.4 Å². The molecule has 0 amide bonds. The van der Waals surface area contributed by atoms with Crippen LogP contribution in [-0.2, 0) is 4.74 Å². The van der Waals surface area contributed by atoms with Crippen LogP contribution in [0.5, 0.6) is 0 Å². The van der Waals surface area contributed by atoms with Gasteiger partial charge in [0, 0.05) is 0 Å². The van der Waals surface area contributed by atoms with E-state index in [0.29, 0.717) is 18.1 Å². The van der Waals surface area contributed by atoms with E-state index in [0.717, 1.165) is 12.0 Å². The summed E-state index contributed by atoms with van der Waals surface area (Å²) in [5, 5.41) is 0. The van der Waals surface area contributed by atoms with Crippen molar-refractivity contribution in [2.45, 2.75) is 40.0 Å². The van der Waals surface area contributed by atoms with E-state index in [4.69, 9.17) is 4.74 Å². The molecule has 0 bridgehead atoms. The second-order valence-corrected chi connectivity index (χ2v) is 4.71. The highest BCUT2D eigenvalue weighted by Crippen LogP contribution is 2.10. The summed E-state index contributed by atoms with van der Waals surface area (Å²) in [6.45, 7) is 6.82. The standard InChI is InChI=1S/C15H22O2/c1-4-5-6-13(3)11-17-15(16)14-9-7-12(2)8-10-14/h7-10,13H,4-6,11H2,1-3H3. The molecular weight excluding hydrogens is 212 g/mol. The van der Waals surface area contributed by atoms with E-state index in [1.54, 1.807) is 0 Å². The average Bonchev–Trinajstić information content (AvgIpc) is 2.34. The van der Waals surface area contributed by atoms with Gasteiger partial charge >= 0.3 is 5.97 Å². The molecule has 0 heterocycles. The normalized spacial score (nSPS) is 12.2. The summed E-state index contributed by atoms with van der Waals surface area (Å²) < 4.78 is 5.29. The van der Waals surface area contributed by atoms with E-state index in [2.05, 4.69) is 13.8 Å². The molecule has 0 aliphatic heterocycles. The molecule has 17 heavy (non-hydrogen) atoms. The number of rotatable bonds is 6. The predicted octanol–water partition coefficient (Wildman–Crippen LogP) is 3.98. The molecule has 94 valence electrons. The van der Waals surface area contributed by atoms with Crippen LogP contribution in [0.3, 0.4) is 0 Å². The Balaban J connectivity index is 2.36. The Morgan fingerprint density at radius 1 is 1.29 bits per heavy atom. The van der Waals surface area contributed by atoms with Crippen LogP contribution in [0.25, 0.3) is 0 Å². The summed E-state index contributed by atoms with van der Waals surface area (Å²) in [6, 6.07) is 7.48. The summed E-state index contributed by atoms with van der Waals surface area (Å²) in [5.41, 5.74) is 1.79. The zero-order valence-corrected chi connectivity index (χ0v) is 11.0. The molecular formula is C15H22O2. The number of hydrogen-bond donors (Lipinski definition) is 0. The van der Waals surface area contributed by atoms with Gasteiger partial charge in [-0.2, -0.15) is 0 Å². The summed E-state index contributed by atoms with van der Waals surface area (Å²) in [7, 11) is 0. The number of benzene rings is 1. The maximum atomic E-state index is 11.7. The maximum absolute atomic E-state index is 11.7. The van der Waals surface area contributed by atoms with Gasteiger partial charge in [0.25, 0.3) is 0 Å². The number of hydrogen-bond acceptors (Lipinski definition) is 2.